The molecule has 1 atom stereocenters. The maximum atomic E-state index is 13.1. The second kappa shape index (κ2) is 5.11. The first-order chi connectivity index (χ1) is 9.66. The van der Waals surface area contributed by atoms with Crippen LogP contribution in [0.5, 0.6) is 0 Å². The molecule has 0 saturated carbocycles. The van der Waals surface area contributed by atoms with Gasteiger partial charge in [0.25, 0.3) is 0 Å². The molecule has 0 spiro atoms. The summed E-state index contributed by atoms with van der Waals surface area (Å²) in [5, 5.41) is 0. The normalized spacial score (nSPS) is 33.9. The van der Waals surface area contributed by atoms with Gasteiger partial charge in [-0.3, -0.25) is 14.4 Å². The molecule has 0 aliphatic carbocycles. The monoisotopic (exact) mass is 294 g/mol. The Balaban J connectivity index is 2.50. The van der Waals surface area contributed by atoms with Gasteiger partial charge in [0.05, 0.1) is 10.8 Å². The van der Waals surface area contributed by atoms with Crippen LogP contribution >= 0.6 is 0 Å². The Bertz CT molecular complexity index is 460. The van der Waals surface area contributed by atoms with Crippen molar-refractivity contribution in [3.05, 3.63) is 0 Å². The zero-order chi connectivity index (χ0) is 16.0. The molecule has 0 aromatic heterocycles. The fourth-order valence-corrected chi connectivity index (χ4v) is 4.00. The van der Waals surface area contributed by atoms with E-state index in [0.29, 0.717) is 26.2 Å². The SMILES string of the molecule is CCC(C)C12CN(C(C)=O)CC(C)(CN(C(C)=O)C1)C2=O. The van der Waals surface area contributed by atoms with Gasteiger partial charge >= 0.3 is 0 Å². The van der Waals surface area contributed by atoms with Gasteiger partial charge in [-0.25, -0.2) is 0 Å². The molecule has 0 N–H and O–H groups in total. The number of Topliss-reactive ketones (excluding diaryl/α,β-unsaturated/α-hetero) is 1. The molecule has 2 aliphatic heterocycles. The van der Waals surface area contributed by atoms with Crippen molar-refractivity contribution >= 4 is 17.6 Å². The number of fused-ring (bicyclic) bond motifs is 2. The lowest BCUT2D eigenvalue weighted by atomic mass is 9.58. The lowest BCUT2D eigenvalue weighted by Gasteiger charge is -2.58. The summed E-state index contributed by atoms with van der Waals surface area (Å²) in [6.07, 6.45) is 0.860. The van der Waals surface area contributed by atoms with Crippen molar-refractivity contribution in [3.63, 3.8) is 0 Å². The maximum absolute atomic E-state index is 13.1. The molecule has 5 nitrogen and oxygen atoms in total. The van der Waals surface area contributed by atoms with Gasteiger partial charge in [-0.1, -0.05) is 20.3 Å². The van der Waals surface area contributed by atoms with Crippen molar-refractivity contribution in [3.8, 4) is 0 Å². The van der Waals surface area contributed by atoms with Gasteiger partial charge in [0.2, 0.25) is 11.8 Å². The number of hydrogen-bond donors (Lipinski definition) is 0. The van der Waals surface area contributed by atoms with Crippen LogP contribution in [0.25, 0.3) is 0 Å². The van der Waals surface area contributed by atoms with Crippen LogP contribution in [0.4, 0.5) is 0 Å². The van der Waals surface area contributed by atoms with Gasteiger partial charge in [0, 0.05) is 40.0 Å². The van der Waals surface area contributed by atoms with E-state index < -0.39 is 10.8 Å². The zero-order valence-electron chi connectivity index (χ0n) is 13.7. The highest BCUT2D eigenvalue weighted by molar-refractivity contribution is 5.95. The molecule has 5 heteroatoms. The first kappa shape index (κ1) is 16.0. The van der Waals surface area contributed by atoms with E-state index in [1.54, 1.807) is 23.6 Å². The van der Waals surface area contributed by atoms with Crippen LogP contribution in [0.1, 0.15) is 41.0 Å². The summed E-state index contributed by atoms with van der Waals surface area (Å²) < 4.78 is 0. The number of carbonyl (C=O) groups excluding carboxylic acids is 3. The summed E-state index contributed by atoms with van der Waals surface area (Å²) in [7, 11) is 0. The number of amides is 2. The third-order valence-corrected chi connectivity index (χ3v) is 5.47. The summed E-state index contributed by atoms with van der Waals surface area (Å²) in [6, 6.07) is 0. The topological polar surface area (TPSA) is 57.7 Å². The molecule has 2 bridgehead atoms. The third kappa shape index (κ3) is 2.36. The zero-order valence-corrected chi connectivity index (χ0v) is 13.7. The second-order valence-corrected chi connectivity index (χ2v) is 7.11. The van der Waals surface area contributed by atoms with Crippen molar-refractivity contribution in [1.82, 2.24) is 9.80 Å². The summed E-state index contributed by atoms with van der Waals surface area (Å²) >= 11 is 0. The standard InChI is InChI=1S/C16H26N2O3/c1-6-11(2)16-9-17(12(3)19)7-15(5,14(16)21)8-18(10-16)13(4)20/h11H,6-10H2,1-5H3. The Labute approximate surface area is 126 Å². The molecular weight excluding hydrogens is 268 g/mol. The molecule has 1 unspecified atom stereocenters. The highest BCUT2D eigenvalue weighted by Crippen LogP contribution is 2.47. The van der Waals surface area contributed by atoms with Crippen LogP contribution in [-0.4, -0.2) is 53.6 Å². The minimum atomic E-state index is -0.642. The second-order valence-electron chi connectivity index (χ2n) is 7.11. The fraction of sp³-hybridized carbons (Fsp3) is 0.812. The Hall–Kier alpha value is -1.39. The average Bonchev–Trinajstić information content (AvgIpc) is 2.39. The number of nitrogens with zero attached hydrogens (tertiary/aromatic N) is 2. The minimum Gasteiger partial charge on any atom is -0.341 e. The Morgan fingerprint density at radius 1 is 1.10 bits per heavy atom. The van der Waals surface area contributed by atoms with Crippen LogP contribution in [-0.2, 0) is 14.4 Å². The van der Waals surface area contributed by atoms with E-state index in [2.05, 4.69) is 13.8 Å². The average molecular weight is 294 g/mol. The quantitative estimate of drug-likeness (QED) is 0.772. The highest BCUT2D eigenvalue weighted by atomic mass is 16.2. The molecule has 2 amide bonds. The van der Waals surface area contributed by atoms with E-state index in [1.165, 1.54) is 0 Å². The number of hydrogen-bond acceptors (Lipinski definition) is 3. The molecule has 2 aliphatic rings. The van der Waals surface area contributed by atoms with E-state index in [9.17, 15) is 14.4 Å². The minimum absolute atomic E-state index is 0.0117. The first-order valence-electron chi connectivity index (χ1n) is 7.72. The molecule has 0 aromatic rings. The van der Waals surface area contributed by atoms with E-state index in [-0.39, 0.29) is 23.5 Å². The molecule has 0 aromatic carbocycles. The number of rotatable bonds is 2. The van der Waals surface area contributed by atoms with Gasteiger partial charge < -0.3 is 9.80 Å². The van der Waals surface area contributed by atoms with E-state index >= 15 is 0 Å². The highest BCUT2D eigenvalue weighted by Gasteiger charge is 2.60. The van der Waals surface area contributed by atoms with Crippen molar-refractivity contribution in [2.45, 2.75) is 41.0 Å². The predicted octanol–water partition coefficient (Wildman–Crippen LogP) is 1.32. The number of piperidine rings is 2. The first-order valence-corrected chi connectivity index (χ1v) is 7.72. The predicted molar refractivity (Wildman–Crippen MR) is 79.5 cm³/mol. The van der Waals surface area contributed by atoms with Crippen molar-refractivity contribution < 1.29 is 14.4 Å². The molecule has 0 radical (unpaired) electrons. The van der Waals surface area contributed by atoms with Gasteiger partial charge in [0.15, 0.2) is 5.78 Å². The van der Waals surface area contributed by atoms with Crippen LogP contribution in [0.3, 0.4) is 0 Å². The van der Waals surface area contributed by atoms with E-state index in [0.717, 1.165) is 6.42 Å². The Kier molecular flexibility index (Phi) is 3.89. The van der Waals surface area contributed by atoms with Crippen LogP contribution < -0.4 is 0 Å². The van der Waals surface area contributed by atoms with Crippen molar-refractivity contribution in [1.29, 1.82) is 0 Å². The third-order valence-electron chi connectivity index (χ3n) is 5.47. The lowest BCUT2D eigenvalue weighted by Crippen LogP contribution is -2.71. The molecule has 2 saturated heterocycles. The maximum Gasteiger partial charge on any atom is 0.219 e. The van der Waals surface area contributed by atoms with Crippen LogP contribution in [0.2, 0.25) is 0 Å². The molecule has 21 heavy (non-hydrogen) atoms. The summed E-state index contributed by atoms with van der Waals surface area (Å²) in [5.41, 5.74) is -1.26. The Morgan fingerprint density at radius 3 is 1.86 bits per heavy atom. The van der Waals surface area contributed by atoms with Crippen molar-refractivity contribution in [2.24, 2.45) is 16.7 Å². The molecule has 118 valence electrons. The van der Waals surface area contributed by atoms with E-state index in [4.69, 9.17) is 0 Å². The largest absolute Gasteiger partial charge is 0.341 e. The molecule has 2 fully saturated rings. The van der Waals surface area contributed by atoms with Crippen LogP contribution in [0, 0.1) is 16.7 Å². The molecular formula is C16H26N2O3. The summed E-state index contributed by atoms with van der Waals surface area (Å²) in [6.45, 7) is 10.9. The summed E-state index contributed by atoms with van der Waals surface area (Å²) in [4.78, 5) is 40.5. The summed E-state index contributed by atoms with van der Waals surface area (Å²) in [5.74, 6) is 0.406. The van der Waals surface area contributed by atoms with Crippen molar-refractivity contribution in [2.75, 3.05) is 26.2 Å². The van der Waals surface area contributed by atoms with Crippen LogP contribution in [0.15, 0.2) is 0 Å². The van der Waals surface area contributed by atoms with Gasteiger partial charge in [-0.2, -0.15) is 0 Å². The Morgan fingerprint density at radius 2 is 1.52 bits per heavy atom. The molecule has 2 rings (SSSR count). The van der Waals surface area contributed by atoms with E-state index in [1.807, 2.05) is 6.92 Å². The fourth-order valence-electron chi connectivity index (χ4n) is 4.00. The van der Waals surface area contributed by atoms with Gasteiger partial charge in [-0.15, -0.1) is 0 Å². The number of likely N-dealkylation sites (tertiary alicyclic amines) is 2. The number of carbonyl (C=O) groups is 3. The van der Waals surface area contributed by atoms with Gasteiger partial charge in [0.1, 0.15) is 0 Å². The number of ketones is 1. The smallest absolute Gasteiger partial charge is 0.219 e. The molecule has 2 heterocycles. The lowest BCUT2D eigenvalue weighted by molar-refractivity contribution is -0.172. The van der Waals surface area contributed by atoms with Gasteiger partial charge in [-0.05, 0) is 12.8 Å².